The number of aromatic nitrogens is 5. The Kier molecular flexibility index (Phi) is 3.27. The number of fused-ring (bicyclic) bond motifs is 1. The van der Waals surface area contributed by atoms with Gasteiger partial charge in [0.05, 0.1) is 11.4 Å². The molecule has 0 unspecified atom stereocenters. The Hall–Kier alpha value is -2.06. The Bertz CT molecular complexity index is 862. The molecule has 0 N–H and O–H groups in total. The molecule has 3 heterocycles. The standard InChI is InChI=1S/C14H12N6S2/c1-8-3-5-10(6-4-8)11-7-21-14-17-16-13(20(14)18-11)12-9(2)15-19-22-12/h3-6H,7H2,1-2H3. The Morgan fingerprint density at radius 1 is 1.05 bits per heavy atom. The van der Waals surface area contributed by atoms with Gasteiger partial charge in [-0.2, -0.15) is 9.78 Å². The minimum absolute atomic E-state index is 0.708. The van der Waals surface area contributed by atoms with Crippen molar-refractivity contribution < 1.29 is 0 Å². The molecule has 0 atom stereocenters. The zero-order chi connectivity index (χ0) is 15.1. The van der Waals surface area contributed by atoms with Gasteiger partial charge in [0.2, 0.25) is 5.16 Å². The van der Waals surface area contributed by atoms with Crippen LogP contribution < -0.4 is 0 Å². The van der Waals surface area contributed by atoms with E-state index >= 15 is 0 Å². The molecule has 0 aliphatic carbocycles. The Balaban J connectivity index is 1.81. The topological polar surface area (TPSA) is 68.8 Å². The van der Waals surface area contributed by atoms with Crippen LogP contribution in [0.25, 0.3) is 10.7 Å². The summed E-state index contributed by atoms with van der Waals surface area (Å²) in [7, 11) is 0. The van der Waals surface area contributed by atoms with Crippen LogP contribution >= 0.6 is 23.3 Å². The van der Waals surface area contributed by atoms with Crippen LogP contribution in [0.15, 0.2) is 34.5 Å². The molecule has 0 spiro atoms. The Labute approximate surface area is 135 Å². The maximum Gasteiger partial charge on any atom is 0.212 e. The largest absolute Gasteiger partial charge is 0.212 e. The van der Waals surface area contributed by atoms with Crippen LogP contribution in [0.5, 0.6) is 0 Å². The van der Waals surface area contributed by atoms with E-state index in [0.29, 0.717) is 5.82 Å². The van der Waals surface area contributed by atoms with E-state index in [1.54, 1.807) is 16.4 Å². The van der Waals surface area contributed by atoms with Gasteiger partial charge in [-0.05, 0) is 30.9 Å². The highest BCUT2D eigenvalue weighted by Gasteiger charge is 2.23. The van der Waals surface area contributed by atoms with E-state index in [4.69, 9.17) is 5.10 Å². The van der Waals surface area contributed by atoms with E-state index in [-0.39, 0.29) is 0 Å². The van der Waals surface area contributed by atoms with Crippen molar-refractivity contribution >= 4 is 29.0 Å². The summed E-state index contributed by atoms with van der Waals surface area (Å²) in [6.45, 7) is 4.00. The van der Waals surface area contributed by atoms with Crippen LogP contribution in [0.3, 0.4) is 0 Å². The summed E-state index contributed by atoms with van der Waals surface area (Å²) < 4.78 is 5.77. The van der Waals surface area contributed by atoms with E-state index < -0.39 is 0 Å². The van der Waals surface area contributed by atoms with E-state index in [9.17, 15) is 0 Å². The average molecular weight is 328 g/mol. The quantitative estimate of drug-likeness (QED) is 0.723. The van der Waals surface area contributed by atoms with Gasteiger partial charge in [-0.1, -0.05) is 46.1 Å². The summed E-state index contributed by atoms with van der Waals surface area (Å²) in [6.07, 6.45) is 0. The van der Waals surface area contributed by atoms with Crippen molar-refractivity contribution in [1.82, 2.24) is 24.5 Å². The predicted molar refractivity (Wildman–Crippen MR) is 87.5 cm³/mol. The first-order valence-corrected chi connectivity index (χ1v) is 8.51. The third-order valence-corrected chi connectivity index (χ3v) is 5.16. The molecule has 0 saturated carbocycles. The normalized spacial score (nSPS) is 13.8. The van der Waals surface area contributed by atoms with Gasteiger partial charge < -0.3 is 0 Å². The molecular formula is C14H12N6S2. The molecule has 0 radical (unpaired) electrons. The van der Waals surface area contributed by atoms with Gasteiger partial charge in [-0.3, -0.25) is 0 Å². The van der Waals surface area contributed by atoms with Crippen LogP contribution in [0.4, 0.5) is 0 Å². The van der Waals surface area contributed by atoms with Crippen molar-refractivity contribution in [2.24, 2.45) is 5.10 Å². The zero-order valence-corrected chi connectivity index (χ0v) is 13.6. The smallest absolute Gasteiger partial charge is 0.186 e. The van der Waals surface area contributed by atoms with Crippen LogP contribution in [-0.2, 0) is 0 Å². The molecule has 0 saturated heterocycles. The van der Waals surface area contributed by atoms with Gasteiger partial charge in [0.25, 0.3) is 0 Å². The predicted octanol–water partition coefficient (Wildman–Crippen LogP) is 2.77. The maximum atomic E-state index is 4.74. The van der Waals surface area contributed by atoms with Crippen molar-refractivity contribution in [1.29, 1.82) is 0 Å². The minimum atomic E-state index is 0.708. The summed E-state index contributed by atoms with van der Waals surface area (Å²) in [5.74, 6) is 1.50. The molecular weight excluding hydrogens is 316 g/mol. The monoisotopic (exact) mass is 328 g/mol. The number of hydrogen-bond acceptors (Lipinski definition) is 7. The van der Waals surface area contributed by atoms with Crippen molar-refractivity contribution in [3.63, 3.8) is 0 Å². The lowest BCUT2D eigenvalue weighted by molar-refractivity contribution is 0.763. The third-order valence-electron chi connectivity index (χ3n) is 3.41. The van der Waals surface area contributed by atoms with E-state index in [1.165, 1.54) is 17.1 Å². The van der Waals surface area contributed by atoms with Crippen LogP contribution in [0, 0.1) is 13.8 Å². The summed E-state index contributed by atoms with van der Waals surface area (Å²) in [6, 6.07) is 8.40. The number of nitrogens with zero attached hydrogens (tertiary/aromatic N) is 6. The number of aryl methyl sites for hydroxylation is 2. The van der Waals surface area contributed by atoms with Gasteiger partial charge in [0, 0.05) is 5.75 Å². The fourth-order valence-electron chi connectivity index (χ4n) is 2.19. The summed E-state index contributed by atoms with van der Waals surface area (Å²) in [5.41, 5.74) is 4.24. The zero-order valence-electron chi connectivity index (χ0n) is 12.0. The molecule has 0 bridgehead atoms. The number of hydrogen-bond donors (Lipinski definition) is 0. The summed E-state index contributed by atoms with van der Waals surface area (Å²) >= 11 is 2.96. The highest BCUT2D eigenvalue weighted by atomic mass is 32.2. The summed E-state index contributed by atoms with van der Waals surface area (Å²) in [5, 5.41) is 18.1. The molecule has 1 aliphatic heterocycles. The fourth-order valence-corrected chi connectivity index (χ4v) is 3.66. The first-order valence-electron chi connectivity index (χ1n) is 6.75. The number of thioether (sulfide) groups is 1. The highest BCUT2D eigenvalue weighted by molar-refractivity contribution is 7.99. The first-order chi connectivity index (χ1) is 10.7. The van der Waals surface area contributed by atoms with E-state index in [2.05, 4.69) is 51.0 Å². The first kappa shape index (κ1) is 13.6. The van der Waals surface area contributed by atoms with E-state index in [0.717, 1.165) is 32.8 Å². The Morgan fingerprint density at radius 2 is 1.86 bits per heavy atom. The molecule has 1 aliphatic rings. The van der Waals surface area contributed by atoms with Crippen molar-refractivity contribution in [3.8, 4) is 10.7 Å². The van der Waals surface area contributed by atoms with Crippen molar-refractivity contribution in [2.75, 3.05) is 5.75 Å². The lowest BCUT2D eigenvalue weighted by atomic mass is 10.1. The fraction of sp³-hybridized carbons (Fsp3) is 0.214. The molecule has 2 aromatic heterocycles. The van der Waals surface area contributed by atoms with Gasteiger partial charge >= 0.3 is 0 Å². The van der Waals surface area contributed by atoms with Gasteiger partial charge in [0.15, 0.2) is 5.82 Å². The molecule has 8 heteroatoms. The molecule has 6 nitrogen and oxygen atoms in total. The van der Waals surface area contributed by atoms with Gasteiger partial charge in [-0.25, -0.2) is 0 Å². The van der Waals surface area contributed by atoms with Crippen LogP contribution in [0.1, 0.15) is 16.8 Å². The van der Waals surface area contributed by atoms with Crippen LogP contribution in [0.2, 0.25) is 0 Å². The SMILES string of the molecule is Cc1ccc(C2=Nn3c(nnc3-c3snnc3C)SC2)cc1. The second-order valence-electron chi connectivity index (χ2n) is 5.01. The minimum Gasteiger partial charge on any atom is -0.186 e. The van der Waals surface area contributed by atoms with Crippen molar-refractivity contribution in [3.05, 3.63) is 41.1 Å². The van der Waals surface area contributed by atoms with E-state index in [1.807, 2.05) is 6.92 Å². The second-order valence-corrected chi connectivity index (χ2v) is 6.70. The molecule has 0 fully saturated rings. The van der Waals surface area contributed by atoms with Gasteiger partial charge in [0.1, 0.15) is 4.88 Å². The lowest BCUT2D eigenvalue weighted by Crippen LogP contribution is -2.13. The average Bonchev–Trinajstić information content (AvgIpc) is 3.13. The molecule has 4 rings (SSSR count). The maximum absolute atomic E-state index is 4.74. The second kappa shape index (κ2) is 5.29. The molecule has 110 valence electrons. The number of rotatable bonds is 2. The third kappa shape index (κ3) is 2.24. The van der Waals surface area contributed by atoms with Gasteiger partial charge in [-0.15, -0.1) is 15.3 Å². The molecule has 3 aromatic rings. The van der Waals surface area contributed by atoms with Crippen molar-refractivity contribution in [2.45, 2.75) is 19.0 Å². The number of benzene rings is 1. The summed E-state index contributed by atoms with van der Waals surface area (Å²) in [4.78, 5) is 0.910. The highest BCUT2D eigenvalue weighted by Crippen LogP contribution is 2.30. The lowest BCUT2D eigenvalue weighted by Gasteiger charge is -2.13. The molecule has 22 heavy (non-hydrogen) atoms. The van der Waals surface area contributed by atoms with Crippen LogP contribution in [-0.4, -0.2) is 35.9 Å². The molecule has 1 aromatic carbocycles. The molecule has 0 amide bonds. The Morgan fingerprint density at radius 3 is 2.59 bits per heavy atom.